The van der Waals surface area contributed by atoms with Gasteiger partial charge in [-0.3, -0.25) is 0 Å². The third kappa shape index (κ3) is 2.59. The van der Waals surface area contributed by atoms with Gasteiger partial charge in [-0.15, -0.1) is 0 Å². The molecule has 0 aromatic carbocycles. The van der Waals surface area contributed by atoms with Crippen molar-refractivity contribution in [1.82, 2.24) is 9.97 Å². The summed E-state index contributed by atoms with van der Waals surface area (Å²) in [6.45, 7) is 7.23. The molecule has 1 atom stereocenters. The van der Waals surface area contributed by atoms with E-state index in [2.05, 4.69) is 24.1 Å². The molecule has 110 valence electrons. The summed E-state index contributed by atoms with van der Waals surface area (Å²) in [5.74, 6) is 3.98. The first kappa shape index (κ1) is 13.6. The maximum Gasteiger partial charge on any atom is 0.137 e. The molecular weight excluding hydrogens is 252 g/mol. The number of nitrogens with one attached hydrogen (secondary N) is 1. The second-order valence-corrected chi connectivity index (χ2v) is 5.97. The zero-order chi connectivity index (χ0) is 14.1. The second kappa shape index (κ2) is 5.56. The van der Waals surface area contributed by atoms with Crippen LogP contribution >= 0.6 is 0 Å². The predicted molar refractivity (Wildman–Crippen MR) is 80.3 cm³/mol. The van der Waals surface area contributed by atoms with Gasteiger partial charge in [-0.2, -0.15) is 0 Å². The van der Waals surface area contributed by atoms with Crippen LogP contribution in [0.25, 0.3) is 0 Å². The number of aliphatic hydroxyl groups is 1. The lowest BCUT2D eigenvalue weighted by atomic mass is 10.1. The topological polar surface area (TPSA) is 61.3 Å². The van der Waals surface area contributed by atoms with Crippen molar-refractivity contribution >= 4 is 11.6 Å². The molecule has 1 aromatic rings. The fraction of sp³-hybridized carbons (Fsp3) is 0.733. The summed E-state index contributed by atoms with van der Waals surface area (Å²) in [6, 6.07) is 0. The number of aromatic nitrogens is 2. The molecule has 1 saturated carbocycles. The third-order valence-electron chi connectivity index (χ3n) is 4.27. The van der Waals surface area contributed by atoms with E-state index in [1.807, 2.05) is 0 Å². The SMILES string of the molecule is CCNc1nc(C2CC2)nc(N2CCC(CO)C2)c1C. The molecule has 2 aliphatic rings. The Morgan fingerprint density at radius 1 is 1.30 bits per heavy atom. The molecular formula is C15H24N4O. The van der Waals surface area contributed by atoms with Crippen LogP contribution in [0.1, 0.15) is 43.5 Å². The van der Waals surface area contributed by atoms with E-state index < -0.39 is 0 Å². The normalized spacial score (nSPS) is 22.4. The molecule has 0 radical (unpaired) electrons. The molecule has 1 aliphatic heterocycles. The van der Waals surface area contributed by atoms with E-state index in [1.54, 1.807) is 0 Å². The zero-order valence-corrected chi connectivity index (χ0v) is 12.4. The van der Waals surface area contributed by atoms with Crippen molar-refractivity contribution in [3.05, 3.63) is 11.4 Å². The second-order valence-electron chi connectivity index (χ2n) is 5.97. The van der Waals surface area contributed by atoms with Gasteiger partial charge in [0.2, 0.25) is 0 Å². The minimum absolute atomic E-state index is 0.274. The number of nitrogens with zero attached hydrogens (tertiary/aromatic N) is 3. The number of hydrogen-bond donors (Lipinski definition) is 2. The van der Waals surface area contributed by atoms with Crippen molar-refractivity contribution in [3.63, 3.8) is 0 Å². The van der Waals surface area contributed by atoms with Gasteiger partial charge >= 0.3 is 0 Å². The Hall–Kier alpha value is -1.36. The summed E-state index contributed by atoms with van der Waals surface area (Å²) in [6.07, 6.45) is 3.48. The Morgan fingerprint density at radius 2 is 2.10 bits per heavy atom. The number of rotatable bonds is 5. The number of hydrogen-bond acceptors (Lipinski definition) is 5. The van der Waals surface area contributed by atoms with Gasteiger partial charge in [-0.05, 0) is 33.1 Å². The van der Waals surface area contributed by atoms with Crippen molar-refractivity contribution in [2.24, 2.45) is 5.92 Å². The van der Waals surface area contributed by atoms with Gasteiger partial charge in [0.05, 0.1) is 0 Å². The molecule has 5 heteroatoms. The highest BCUT2D eigenvalue weighted by atomic mass is 16.3. The molecule has 2 heterocycles. The maximum absolute atomic E-state index is 9.32. The van der Waals surface area contributed by atoms with Crippen molar-refractivity contribution in [1.29, 1.82) is 0 Å². The van der Waals surface area contributed by atoms with Crippen LogP contribution in [0.4, 0.5) is 11.6 Å². The van der Waals surface area contributed by atoms with E-state index in [9.17, 15) is 5.11 Å². The van der Waals surface area contributed by atoms with Crippen molar-refractivity contribution < 1.29 is 5.11 Å². The first-order valence-electron chi connectivity index (χ1n) is 7.71. The standard InChI is InChI=1S/C15H24N4O/c1-3-16-13-10(2)15(18-14(17-13)12-4-5-12)19-7-6-11(8-19)9-20/h11-12,20H,3-9H2,1-2H3,(H,16,17,18). The zero-order valence-electron chi connectivity index (χ0n) is 12.4. The highest BCUT2D eigenvalue weighted by Crippen LogP contribution is 2.40. The van der Waals surface area contributed by atoms with Crippen LogP contribution in [0.2, 0.25) is 0 Å². The van der Waals surface area contributed by atoms with Gasteiger partial charge < -0.3 is 15.3 Å². The monoisotopic (exact) mass is 276 g/mol. The van der Waals surface area contributed by atoms with E-state index in [1.165, 1.54) is 12.8 Å². The molecule has 5 nitrogen and oxygen atoms in total. The average molecular weight is 276 g/mol. The minimum atomic E-state index is 0.274. The van der Waals surface area contributed by atoms with Gasteiger partial charge in [-0.1, -0.05) is 0 Å². The summed E-state index contributed by atoms with van der Waals surface area (Å²) in [5, 5.41) is 12.7. The Kier molecular flexibility index (Phi) is 3.78. The Labute approximate surface area is 120 Å². The number of aliphatic hydroxyl groups excluding tert-OH is 1. The first-order valence-corrected chi connectivity index (χ1v) is 7.71. The Morgan fingerprint density at radius 3 is 2.70 bits per heavy atom. The molecule has 20 heavy (non-hydrogen) atoms. The minimum Gasteiger partial charge on any atom is -0.396 e. The molecule has 2 fully saturated rings. The van der Waals surface area contributed by atoms with E-state index >= 15 is 0 Å². The lowest BCUT2D eigenvalue weighted by Gasteiger charge is -2.22. The molecule has 0 bridgehead atoms. The van der Waals surface area contributed by atoms with Crippen LogP contribution in [-0.2, 0) is 0 Å². The fourth-order valence-electron chi connectivity index (χ4n) is 2.87. The van der Waals surface area contributed by atoms with Crippen LogP contribution in [0.3, 0.4) is 0 Å². The van der Waals surface area contributed by atoms with Crippen LogP contribution in [0, 0.1) is 12.8 Å². The average Bonchev–Trinajstić information content (AvgIpc) is 3.19. The van der Waals surface area contributed by atoms with Crippen LogP contribution in [0.5, 0.6) is 0 Å². The molecule has 0 spiro atoms. The summed E-state index contributed by atoms with van der Waals surface area (Å²) < 4.78 is 0. The molecule has 0 amide bonds. The quantitative estimate of drug-likeness (QED) is 0.860. The molecule has 3 rings (SSSR count). The molecule has 2 N–H and O–H groups in total. The predicted octanol–water partition coefficient (Wildman–Crippen LogP) is 1.91. The first-order chi connectivity index (χ1) is 9.72. The lowest BCUT2D eigenvalue weighted by molar-refractivity contribution is 0.238. The van der Waals surface area contributed by atoms with Crippen molar-refractivity contribution in [2.75, 3.05) is 36.5 Å². The van der Waals surface area contributed by atoms with Gasteiger partial charge in [0.15, 0.2) is 0 Å². The summed E-state index contributed by atoms with van der Waals surface area (Å²) in [7, 11) is 0. The van der Waals surface area contributed by atoms with Gasteiger partial charge in [0.25, 0.3) is 0 Å². The van der Waals surface area contributed by atoms with Crippen LogP contribution < -0.4 is 10.2 Å². The lowest BCUT2D eigenvalue weighted by Crippen LogP contribution is -2.24. The van der Waals surface area contributed by atoms with Gasteiger partial charge in [0, 0.05) is 43.6 Å². The third-order valence-corrected chi connectivity index (χ3v) is 4.27. The van der Waals surface area contributed by atoms with Crippen molar-refractivity contribution in [3.8, 4) is 0 Å². The summed E-state index contributed by atoms with van der Waals surface area (Å²) >= 11 is 0. The van der Waals surface area contributed by atoms with E-state index in [4.69, 9.17) is 9.97 Å². The largest absolute Gasteiger partial charge is 0.396 e. The van der Waals surface area contributed by atoms with Crippen LogP contribution in [0.15, 0.2) is 0 Å². The highest BCUT2D eigenvalue weighted by molar-refractivity contribution is 5.59. The van der Waals surface area contributed by atoms with E-state index in [0.29, 0.717) is 11.8 Å². The Bertz CT molecular complexity index is 487. The fourth-order valence-corrected chi connectivity index (χ4v) is 2.87. The maximum atomic E-state index is 9.32. The van der Waals surface area contributed by atoms with E-state index in [-0.39, 0.29) is 6.61 Å². The molecule has 1 aromatic heterocycles. The summed E-state index contributed by atoms with van der Waals surface area (Å²) in [5.41, 5.74) is 1.13. The van der Waals surface area contributed by atoms with Gasteiger partial charge in [-0.25, -0.2) is 9.97 Å². The van der Waals surface area contributed by atoms with Crippen molar-refractivity contribution in [2.45, 2.75) is 39.0 Å². The number of anilines is 2. The molecule has 1 unspecified atom stereocenters. The van der Waals surface area contributed by atoms with Gasteiger partial charge in [0.1, 0.15) is 17.5 Å². The van der Waals surface area contributed by atoms with E-state index in [0.717, 1.165) is 49.1 Å². The highest BCUT2D eigenvalue weighted by Gasteiger charge is 2.30. The van der Waals surface area contributed by atoms with Crippen LogP contribution in [-0.4, -0.2) is 41.3 Å². The Balaban J connectivity index is 1.91. The summed E-state index contributed by atoms with van der Waals surface area (Å²) in [4.78, 5) is 11.8. The smallest absolute Gasteiger partial charge is 0.137 e. The molecule has 1 saturated heterocycles. The molecule has 1 aliphatic carbocycles.